The molecule has 30 heavy (non-hydrogen) atoms. The van der Waals surface area contributed by atoms with E-state index in [1.54, 1.807) is 32.6 Å². The minimum atomic E-state index is -3.49. The maximum atomic E-state index is 12.1. The summed E-state index contributed by atoms with van der Waals surface area (Å²) in [7, 11) is -1.79. The zero-order valence-electron chi connectivity index (χ0n) is 17.0. The molecule has 0 saturated carbocycles. The molecule has 4 rings (SSSR count). The zero-order chi connectivity index (χ0) is 21.5. The molecule has 2 heterocycles. The van der Waals surface area contributed by atoms with Gasteiger partial charge in [-0.3, -0.25) is 9.52 Å². The third-order valence-corrected chi connectivity index (χ3v) is 5.50. The lowest BCUT2D eigenvalue weighted by Crippen LogP contribution is -2.18. The number of fused-ring (bicyclic) bond motifs is 1. The molecular formula is C22H22N4O3S. The maximum Gasteiger partial charge on any atom is 0.253 e. The summed E-state index contributed by atoms with van der Waals surface area (Å²) in [6, 6.07) is 15.5. The Kier molecular flexibility index (Phi) is 4.95. The lowest BCUT2D eigenvalue weighted by Gasteiger charge is -2.12. The summed E-state index contributed by atoms with van der Waals surface area (Å²) in [5, 5.41) is 0. The van der Waals surface area contributed by atoms with Gasteiger partial charge in [0, 0.05) is 25.4 Å². The highest BCUT2D eigenvalue weighted by Gasteiger charge is 2.15. The van der Waals surface area contributed by atoms with Crippen LogP contribution in [0.3, 0.4) is 0 Å². The quantitative estimate of drug-likeness (QED) is 0.535. The van der Waals surface area contributed by atoms with E-state index in [-0.39, 0.29) is 5.56 Å². The molecule has 1 N–H and O–H groups in total. The fraction of sp³-hybridized carbons (Fsp3) is 0.182. The number of anilines is 1. The molecule has 0 unspecified atom stereocenters. The van der Waals surface area contributed by atoms with Crippen LogP contribution in [-0.2, 0) is 23.6 Å². The summed E-state index contributed by atoms with van der Waals surface area (Å²) in [6.45, 7) is 2.37. The van der Waals surface area contributed by atoms with Crippen molar-refractivity contribution >= 4 is 26.7 Å². The van der Waals surface area contributed by atoms with E-state index in [1.165, 1.54) is 4.57 Å². The van der Waals surface area contributed by atoms with Crippen molar-refractivity contribution in [2.24, 2.45) is 7.05 Å². The van der Waals surface area contributed by atoms with Crippen molar-refractivity contribution in [3.63, 3.8) is 0 Å². The first kappa shape index (κ1) is 19.9. The van der Waals surface area contributed by atoms with Crippen molar-refractivity contribution in [3.05, 3.63) is 82.5 Å². The van der Waals surface area contributed by atoms with Gasteiger partial charge in [-0.05, 0) is 41.8 Å². The van der Waals surface area contributed by atoms with E-state index in [9.17, 15) is 13.2 Å². The lowest BCUT2D eigenvalue weighted by atomic mass is 10.0. The molecule has 0 radical (unpaired) electrons. The maximum absolute atomic E-state index is 12.1. The first-order chi connectivity index (χ1) is 14.2. The van der Waals surface area contributed by atoms with E-state index in [2.05, 4.69) is 9.71 Å². The highest BCUT2D eigenvalue weighted by molar-refractivity contribution is 7.92. The number of nitrogens with zero attached hydrogens (tertiary/aromatic N) is 3. The molecule has 7 nitrogen and oxygen atoms in total. The van der Waals surface area contributed by atoms with Crippen LogP contribution in [0.25, 0.3) is 22.2 Å². The first-order valence-corrected chi connectivity index (χ1v) is 11.3. The van der Waals surface area contributed by atoms with E-state index in [1.807, 2.05) is 47.0 Å². The number of nitrogens with one attached hydrogen (secondary N) is 1. The molecule has 0 atom stereocenters. The normalized spacial score (nSPS) is 11.7. The highest BCUT2D eigenvalue weighted by Crippen LogP contribution is 2.31. The minimum Gasteiger partial charge on any atom is -0.326 e. The molecule has 2 aromatic carbocycles. The van der Waals surface area contributed by atoms with Gasteiger partial charge >= 0.3 is 0 Å². The van der Waals surface area contributed by atoms with Crippen molar-refractivity contribution in [1.82, 2.24) is 14.1 Å². The van der Waals surface area contributed by atoms with E-state index in [0.29, 0.717) is 23.3 Å². The smallest absolute Gasteiger partial charge is 0.253 e. The summed E-state index contributed by atoms with van der Waals surface area (Å²) in [4.78, 5) is 16.6. The third kappa shape index (κ3) is 3.99. The first-order valence-electron chi connectivity index (χ1n) is 9.39. The second kappa shape index (κ2) is 7.46. The van der Waals surface area contributed by atoms with E-state index >= 15 is 0 Å². The van der Waals surface area contributed by atoms with Gasteiger partial charge < -0.3 is 9.13 Å². The summed E-state index contributed by atoms with van der Waals surface area (Å²) >= 11 is 0. The Morgan fingerprint density at radius 2 is 1.80 bits per heavy atom. The van der Waals surface area contributed by atoms with Gasteiger partial charge in [0.2, 0.25) is 10.0 Å². The van der Waals surface area contributed by atoms with Gasteiger partial charge in [-0.25, -0.2) is 13.4 Å². The van der Waals surface area contributed by atoms with Crippen molar-refractivity contribution < 1.29 is 8.42 Å². The molecule has 154 valence electrons. The van der Waals surface area contributed by atoms with Crippen LogP contribution in [0, 0.1) is 6.92 Å². The third-order valence-electron chi connectivity index (χ3n) is 4.91. The number of hydrogen-bond acceptors (Lipinski definition) is 4. The predicted octanol–water partition coefficient (Wildman–Crippen LogP) is 3.13. The molecule has 0 aliphatic carbocycles. The molecule has 0 aliphatic heterocycles. The molecule has 0 bridgehead atoms. The average Bonchev–Trinajstić information content (AvgIpc) is 3.08. The molecular weight excluding hydrogens is 400 g/mol. The number of aromatic nitrogens is 3. The van der Waals surface area contributed by atoms with Crippen LogP contribution >= 0.6 is 0 Å². The highest BCUT2D eigenvalue weighted by atomic mass is 32.2. The molecule has 0 spiro atoms. The molecule has 2 aromatic heterocycles. The Morgan fingerprint density at radius 1 is 1.07 bits per heavy atom. The minimum absolute atomic E-state index is 0.0663. The van der Waals surface area contributed by atoms with Crippen LogP contribution in [0.5, 0.6) is 0 Å². The van der Waals surface area contributed by atoms with Crippen molar-refractivity contribution in [2.75, 3.05) is 11.0 Å². The largest absolute Gasteiger partial charge is 0.326 e. The lowest BCUT2D eigenvalue weighted by molar-refractivity contribution is 0.607. The molecule has 0 fully saturated rings. The SMILES string of the molecule is Cc1cc(-c2cc(NS(C)(=O)=O)c3ncn(Cc4ccccc4)c3c2)cn(C)c1=O. The second-order valence-corrected chi connectivity index (χ2v) is 9.20. The summed E-state index contributed by atoms with van der Waals surface area (Å²) in [5.74, 6) is 0. The average molecular weight is 423 g/mol. The van der Waals surface area contributed by atoms with Gasteiger partial charge in [-0.1, -0.05) is 30.3 Å². The van der Waals surface area contributed by atoms with E-state index < -0.39 is 10.0 Å². The number of sulfonamides is 1. The Hall–Kier alpha value is -3.39. The standard InChI is InChI=1S/C22H22N4O3S/c1-15-9-18(13-25(2)22(15)27)17-10-19(24-30(3,28)29)21-20(11-17)26(14-23-21)12-16-7-5-4-6-8-16/h4-11,13-14,24H,12H2,1-3H3. The Balaban J connectivity index is 1.92. The summed E-state index contributed by atoms with van der Waals surface area (Å²) < 4.78 is 30.0. The monoisotopic (exact) mass is 422 g/mol. The summed E-state index contributed by atoms with van der Waals surface area (Å²) in [6.07, 6.45) is 4.57. The van der Waals surface area contributed by atoms with Crippen molar-refractivity contribution in [3.8, 4) is 11.1 Å². The molecule has 8 heteroatoms. The van der Waals surface area contributed by atoms with Gasteiger partial charge in [0.15, 0.2) is 0 Å². The number of imidazole rings is 1. The van der Waals surface area contributed by atoms with Gasteiger partial charge in [-0.15, -0.1) is 0 Å². The van der Waals surface area contributed by atoms with Gasteiger partial charge in [0.25, 0.3) is 5.56 Å². The van der Waals surface area contributed by atoms with Crippen LogP contribution in [0.4, 0.5) is 5.69 Å². The van der Waals surface area contributed by atoms with Gasteiger partial charge in [0.1, 0.15) is 5.52 Å². The number of benzene rings is 2. The number of rotatable bonds is 5. The Morgan fingerprint density at radius 3 is 2.47 bits per heavy atom. The fourth-order valence-electron chi connectivity index (χ4n) is 3.55. The summed E-state index contributed by atoms with van der Waals surface area (Å²) in [5.41, 5.74) is 5.05. The molecule has 4 aromatic rings. The Labute approximate surface area is 174 Å². The fourth-order valence-corrected chi connectivity index (χ4v) is 4.10. The predicted molar refractivity (Wildman–Crippen MR) is 119 cm³/mol. The number of pyridine rings is 1. The van der Waals surface area contributed by atoms with Gasteiger partial charge in [-0.2, -0.15) is 0 Å². The second-order valence-electron chi connectivity index (χ2n) is 7.45. The van der Waals surface area contributed by atoms with Crippen molar-refractivity contribution in [1.29, 1.82) is 0 Å². The van der Waals surface area contributed by atoms with Crippen LogP contribution in [0.2, 0.25) is 0 Å². The zero-order valence-corrected chi connectivity index (χ0v) is 17.8. The topological polar surface area (TPSA) is 86.0 Å². The molecule has 0 amide bonds. The Bertz CT molecular complexity index is 1380. The van der Waals surface area contributed by atoms with Gasteiger partial charge in [0.05, 0.1) is 23.8 Å². The van der Waals surface area contributed by atoms with Crippen LogP contribution in [0.1, 0.15) is 11.1 Å². The number of hydrogen-bond donors (Lipinski definition) is 1. The van der Waals surface area contributed by atoms with Crippen LogP contribution in [-0.4, -0.2) is 28.8 Å². The number of aryl methyl sites for hydroxylation is 2. The van der Waals surface area contributed by atoms with Crippen LogP contribution < -0.4 is 10.3 Å². The molecule has 0 aliphatic rings. The molecule has 0 saturated heterocycles. The van der Waals surface area contributed by atoms with E-state index in [4.69, 9.17) is 0 Å². The van der Waals surface area contributed by atoms with E-state index in [0.717, 1.165) is 28.5 Å². The van der Waals surface area contributed by atoms with Crippen molar-refractivity contribution in [2.45, 2.75) is 13.5 Å². The van der Waals surface area contributed by atoms with Crippen LogP contribution in [0.15, 0.2) is 65.8 Å².